The summed E-state index contributed by atoms with van der Waals surface area (Å²) in [5.74, 6) is 0.277. The molecule has 1 nitrogen and oxygen atoms in total. The molecule has 0 radical (unpaired) electrons. The van der Waals surface area contributed by atoms with E-state index in [0.717, 1.165) is 12.0 Å². The zero-order valence-corrected chi connectivity index (χ0v) is 14.2. The number of carbonyl (C=O) groups excluding carboxylic acids is 1. The summed E-state index contributed by atoms with van der Waals surface area (Å²) in [7, 11) is -1.63. The highest BCUT2D eigenvalue weighted by molar-refractivity contribution is 6.91. The first-order valence-electron chi connectivity index (χ1n) is 7.69. The number of carbonyl (C=O) groups is 1. The van der Waals surface area contributed by atoms with Crippen LogP contribution in [-0.4, -0.2) is 13.9 Å². The van der Waals surface area contributed by atoms with Gasteiger partial charge in [0.2, 0.25) is 0 Å². The maximum absolute atomic E-state index is 12.5. The van der Waals surface area contributed by atoms with Crippen molar-refractivity contribution in [2.24, 2.45) is 0 Å². The molecule has 2 heteroatoms. The van der Waals surface area contributed by atoms with E-state index in [1.54, 1.807) is 0 Å². The molecule has 2 aromatic carbocycles. The third kappa shape index (κ3) is 3.70. The van der Waals surface area contributed by atoms with Crippen LogP contribution in [0, 0.1) is 0 Å². The first kappa shape index (κ1) is 15.7. The molecule has 0 heterocycles. The molecule has 0 bridgehead atoms. The van der Waals surface area contributed by atoms with Crippen LogP contribution in [0.15, 0.2) is 60.7 Å². The molecule has 0 saturated heterocycles. The topological polar surface area (TPSA) is 17.1 Å². The molecule has 0 saturated carbocycles. The third-order valence-electron chi connectivity index (χ3n) is 4.56. The molecule has 0 unspecified atom stereocenters. The number of Topliss-reactive ketones (excluding diaryl/α,β-unsaturated/α-hetero) is 1. The van der Waals surface area contributed by atoms with Gasteiger partial charge in [0.05, 0.1) is 8.07 Å². The Morgan fingerprint density at radius 3 is 2.00 bits per heavy atom. The van der Waals surface area contributed by atoms with Crippen LogP contribution in [-0.2, 0) is 0 Å². The maximum atomic E-state index is 12.5. The minimum Gasteiger partial charge on any atom is -0.294 e. The fraction of sp³-hybridized carbons (Fsp3) is 0.316. The lowest BCUT2D eigenvalue weighted by Gasteiger charge is -2.32. The number of hydrogen-bond donors (Lipinski definition) is 0. The van der Waals surface area contributed by atoms with E-state index in [1.807, 2.05) is 30.3 Å². The van der Waals surface area contributed by atoms with Crippen LogP contribution in [0.1, 0.15) is 30.1 Å². The Morgan fingerprint density at radius 2 is 1.48 bits per heavy atom. The predicted molar refractivity (Wildman–Crippen MR) is 93.0 cm³/mol. The monoisotopic (exact) mass is 296 g/mol. The van der Waals surface area contributed by atoms with Gasteiger partial charge >= 0.3 is 0 Å². The molecule has 0 amide bonds. The van der Waals surface area contributed by atoms with Gasteiger partial charge in [-0.15, -0.1) is 0 Å². The normalized spacial score (nSPS) is 12.9. The molecule has 21 heavy (non-hydrogen) atoms. The number of hydrogen-bond acceptors (Lipinski definition) is 1. The van der Waals surface area contributed by atoms with Gasteiger partial charge in [0.1, 0.15) is 0 Å². The van der Waals surface area contributed by atoms with Crippen molar-refractivity contribution < 1.29 is 4.79 Å². The van der Waals surface area contributed by atoms with Crippen molar-refractivity contribution in [3.05, 3.63) is 66.2 Å². The van der Waals surface area contributed by atoms with Gasteiger partial charge in [-0.25, -0.2) is 0 Å². The van der Waals surface area contributed by atoms with Crippen LogP contribution < -0.4 is 5.19 Å². The summed E-state index contributed by atoms with van der Waals surface area (Å²) < 4.78 is 0. The van der Waals surface area contributed by atoms with Crippen LogP contribution in [0.5, 0.6) is 0 Å². The molecule has 2 aromatic rings. The molecule has 0 N–H and O–H groups in total. The smallest absolute Gasteiger partial charge is 0.162 e. The molecule has 0 aliphatic carbocycles. The minimum atomic E-state index is -1.63. The molecule has 0 aromatic heterocycles. The minimum absolute atomic E-state index is 0.277. The van der Waals surface area contributed by atoms with Crippen molar-refractivity contribution in [2.45, 2.75) is 38.4 Å². The predicted octanol–water partition coefficient (Wildman–Crippen LogP) is 4.66. The van der Waals surface area contributed by atoms with Gasteiger partial charge < -0.3 is 0 Å². The second kappa shape index (κ2) is 6.86. The lowest BCUT2D eigenvalue weighted by atomic mass is 10.1. The Bertz CT molecular complexity index is 575. The zero-order valence-electron chi connectivity index (χ0n) is 13.2. The number of ketones is 1. The van der Waals surface area contributed by atoms with Crippen molar-refractivity contribution in [1.82, 2.24) is 0 Å². The summed E-state index contributed by atoms with van der Waals surface area (Å²) in [5, 5.41) is 1.44. The number of benzene rings is 2. The van der Waals surface area contributed by atoms with E-state index in [2.05, 4.69) is 50.3 Å². The Morgan fingerprint density at radius 1 is 0.952 bits per heavy atom. The van der Waals surface area contributed by atoms with Crippen LogP contribution in [0.25, 0.3) is 0 Å². The van der Waals surface area contributed by atoms with E-state index in [9.17, 15) is 4.79 Å². The standard InChI is InChI=1S/C19H24OSi/c1-4-17(15-19(20)16-11-7-5-8-12-16)21(2,3)18-13-9-6-10-14-18/h5-14,17H,4,15H2,1-3H3/t17-/m0/s1. The molecule has 1 atom stereocenters. The van der Waals surface area contributed by atoms with E-state index < -0.39 is 8.07 Å². The summed E-state index contributed by atoms with van der Waals surface area (Å²) in [6.07, 6.45) is 1.72. The molecule has 110 valence electrons. The van der Waals surface area contributed by atoms with E-state index in [4.69, 9.17) is 0 Å². The fourth-order valence-corrected chi connectivity index (χ4v) is 6.22. The molecule has 0 fully saturated rings. The summed E-state index contributed by atoms with van der Waals surface area (Å²) in [6.45, 7) is 6.98. The second-order valence-corrected chi connectivity index (χ2v) is 11.0. The summed E-state index contributed by atoms with van der Waals surface area (Å²) in [5.41, 5.74) is 1.32. The first-order valence-corrected chi connectivity index (χ1v) is 10.8. The summed E-state index contributed by atoms with van der Waals surface area (Å²) in [4.78, 5) is 12.5. The largest absolute Gasteiger partial charge is 0.294 e. The number of rotatable bonds is 6. The van der Waals surface area contributed by atoms with Crippen LogP contribution in [0.4, 0.5) is 0 Å². The lowest BCUT2D eigenvalue weighted by Crippen LogP contribution is -2.46. The average Bonchev–Trinajstić information content (AvgIpc) is 2.53. The Hall–Kier alpha value is -1.67. The van der Waals surface area contributed by atoms with Crippen LogP contribution in [0.2, 0.25) is 18.6 Å². The van der Waals surface area contributed by atoms with Crippen molar-refractivity contribution in [2.75, 3.05) is 0 Å². The van der Waals surface area contributed by atoms with Crippen molar-refractivity contribution in [3.63, 3.8) is 0 Å². The van der Waals surface area contributed by atoms with Crippen LogP contribution >= 0.6 is 0 Å². The molecule has 2 rings (SSSR count). The summed E-state index contributed by atoms with van der Waals surface area (Å²) in [6, 6.07) is 20.4. The van der Waals surface area contributed by atoms with Gasteiger partial charge in [0, 0.05) is 12.0 Å². The molecular formula is C19H24OSi. The average molecular weight is 296 g/mol. The van der Waals surface area contributed by atoms with Crippen molar-refractivity contribution in [1.29, 1.82) is 0 Å². The van der Waals surface area contributed by atoms with E-state index in [0.29, 0.717) is 12.0 Å². The molecule has 0 aliphatic rings. The van der Waals surface area contributed by atoms with Gasteiger partial charge in [-0.3, -0.25) is 4.79 Å². The van der Waals surface area contributed by atoms with E-state index >= 15 is 0 Å². The highest BCUT2D eigenvalue weighted by Gasteiger charge is 2.33. The van der Waals surface area contributed by atoms with Crippen LogP contribution in [0.3, 0.4) is 0 Å². The van der Waals surface area contributed by atoms with Gasteiger partial charge in [0.15, 0.2) is 5.78 Å². The highest BCUT2D eigenvalue weighted by atomic mass is 28.3. The zero-order chi connectivity index (χ0) is 15.3. The Balaban J connectivity index is 2.18. The van der Waals surface area contributed by atoms with Gasteiger partial charge in [-0.1, -0.05) is 92.3 Å². The molecular weight excluding hydrogens is 272 g/mol. The van der Waals surface area contributed by atoms with Crippen molar-refractivity contribution >= 4 is 19.0 Å². The van der Waals surface area contributed by atoms with E-state index in [-0.39, 0.29) is 5.78 Å². The third-order valence-corrected chi connectivity index (χ3v) is 9.03. The maximum Gasteiger partial charge on any atom is 0.162 e. The Labute approximate surface area is 129 Å². The van der Waals surface area contributed by atoms with Gasteiger partial charge in [0.25, 0.3) is 0 Å². The fourth-order valence-electron chi connectivity index (χ4n) is 2.98. The van der Waals surface area contributed by atoms with Gasteiger partial charge in [-0.2, -0.15) is 0 Å². The molecule has 0 aliphatic heterocycles. The Kier molecular flexibility index (Phi) is 5.13. The lowest BCUT2D eigenvalue weighted by molar-refractivity contribution is 0.0979. The molecule has 0 spiro atoms. The second-order valence-electron chi connectivity index (χ2n) is 6.19. The first-order chi connectivity index (χ1) is 10.1. The highest BCUT2D eigenvalue weighted by Crippen LogP contribution is 2.30. The van der Waals surface area contributed by atoms with Crippen molar-refractivity contribution in [3.8, 4) is 0 Å². The SMILES string of the molecule is CC[C@@H](CC(=O)c1ccccc1)[Si](C)(C)c1ccccc1. The van der Waals surface area contributed by atoms with Gasteiger partial charge in [-0.05, 0) is 5.54 Å². The summed E-state index contributed by atoms with van der Waals surface area (Å²) >= 11 is 0. The quantitative estimate of drug-likeness (QED) is 0.560. The van der Waals surface area contributed by atoms with E-state index in [1.165, 1.54) is 5.19 Å².